The van der Waals surface area contributed by atoms with Crippen molar-refractivity contribution in [2.24, 2.45) is 0 Å². The van der Waals surface area contributed by atoms with Crippen LogP contribution in [0.2, 0.25) is 0 Å². The third-order valence-corrected chi connectivity index (χ3v) is 0. The largest absolute Gasteiger partial charge is 6.00 e. The van der Waals surface area contributed by atoms with Crippen LogP contribution in [0.15, 0.2) is 0 Å². The SMILES string of the molecule is [CH3-].[CH3-].[CH3-].[CH3-].[Cr+6]. The second-order valence-corrected chi connectivity index (χ2v) is 0. The molecule has 0 radical (unpaired) electrons. The zero-order valence-corrected chi connectivity index (χ0v) is 5.68. The van der Waals surface area contributed by atoms with Gasteiger partial charge in [-0.1, -0.05) is 0 Å². The molecule has 0 saturated carbocycles. The summed E-state index contributed by atoms with van der Waals surface area (Å²) in [5.74, 6) is 0. The fourth-order valence-corrected chi connectivity index (χ4v) is 0. The summed E-state index contributed by atoms with van der Waals surface area (Å²) in [4.78, 5) is 0. The summed E-state index contributed by atoms with van der Waals surface area (Å²) < 4.78 is 0. The van der Waals surface area contributed by atoms with Gasteiger partial charge in [-0.15, -0.1) is 0 Å². The molecule has 0 aliphatic heterocycles. The van der Waals surface area contributed by atoms with Crippen molar-refractivity contribution in [2.75, 3.05) is 0 Å². The van der Waals surface area contributed by atoms with Crippen LogP contribution in [-0.4, -0.2) is 0 Å². The van der Waals surface area contributed by atoms with Crippen molar-refractivity contribution >= 4 is 0 Å². The number of hydrogen-bond donors (Lipinski definition) is 0. The number of hydrogen-bond acceptors (Lipinski definition) is 0. The van der Waals surface area contributed by atoms with Gasteiger partial charge in [-0.3, -0.25) is 0 Å². The molecule has 0 unspecified atom stereocenters. The van der Waals surface area contributed by atoms with Gasteiger partial charge in [0.15, 0.2) is 0 Å². The smallest absolute Gasteiger partial charge is 0.358 e. The maximum absolute atomic E-state index is 0. The van der Waals surface area contributed by atoms with E-state index in [1.807, 2.05) is 0 Å². The minimum Gasteiger partial charge on any atom is -0.358 e. The van der Waals surface area contributed by atoms with E-state index in [1.165, 1.54) is 0 Å². The van der Waals surface area contributed by atoms with Crippen molar-refractivity contribution in [3.63, 3.8) is 0 Å². The molecule has 0 N–H and O–H groups in total. The van der Waals surface area contributed by atoms with Crippen molar-refractivity contribution in [3.05, 3.63) is 29.7 Å². The van der Waals surface area contributed by atoms with Crippen LogP contribution >= 0.6 is 0 Å². The Morgan fingerprint density at radius 2 is 0.400 bits per heavy atom. The van der Waals surface area contributed by atoms with Crippen molar-refractivity contribution in [1.29, 1.82) is 0 Å². The van der Waals surface area contributed by atoms with E-state index in [0.29, 0.717) is 0 Å². The number of rotatable bonds is 0. The molecule has 0 aromatic heterocycles. The summed E-state index contributed by atoms with van der Waals surface area (Å²) in [6.45, 7) is 0. The maximum Gasteiger partial charge on any atom is 6.00 e. The molecule has 0 aliphatic rings. The molecule has 32 valence electrons. The van der Waals surface area contributed by atoms with E-state index < -0.39 is 0 Å². The normalized spacial score (nSPS) is 0. The van der Waals surface area contributed by atoms with Crippen LogP contribution in [0.1, 0.15) is 0 Å². The Hall–Kier alpha value is 0.532. The van der Waals surface area contributed by atoms with Gasteiger partial charge in [0.1, 0.15) is 0 Å². The van der Waals surface area contributed by atoms with Crippen LogP contribution in [0.25, 0.3) is 0 Å². The van der Waals surface area contributed by atoms with Gasteiger partial charge < -0.3 is 29.7 Å². The topological polar surface area (TPSA) is 0 Å². The molecule has 0 nitrogen and oxygen atoms in total. The molecule has 0 bridgehead atoms. The van der Waals surface area contributed by atoms with E-state index in [9.17, 15) is 0 Å². The molecular weight excluding hydrogens is 100 g/mol. The fourth-order valence-electron chi connectivity index (χ4n) is 0. The van der Waals surface area contributed by atoms with E-state index in [2.05, 4.69) is 0 Å². The summed E-state index contributed by atoms with van der Waals surface area (Å²) >= 11 is 0. The molecule has 0 aliphatic carbocycles. The first-order valence-electron chi connectivity index (χ1n) is 0. The summed E-state index contributed by atoms with van der Waals surface area (Å²) in [6.07, 6.45) is 0. The van der Waals surface area contributed by atoms with Gasteiger partial charge in [-0.2, -0.15) is 0 Å². The summed E-state index contributed by atoms with van der Waals surface area (Å²) in [5, 5.41) is 0. The molecule has 0 amide bonds. The summed E-state index contributed by atoms with van der Waals surface area (Å²) in [6, 6.07) is 0. The van der Waals surface area contributed by atoms with Crippen molar-refractivity contribution in [2.45, 2.75) is 0 Å². The minimum atomic E-state index is 0. The van der Waals surface area contributed by atoms with Gasteiger partial charge in [0, 0.05) is 0 Å². The van der Waals surface area contributed by atoms with Gasteiger partial charge in [0.2, 0.25) is 0 Å². The van der Waals surface area contributed by atoms with Gasteiger partial charge in [0.25, 0.3) is 0 Å². The summed E-state index contributed by atoms with van der Waals surface area (Å²) in [5.41, 5.74) is 0. The molecule has 0 fully saturated rings. The minimum absolute atomic E-state index is 0. The predicted molar refractivity (Wildman–Crippen MR) is 25.7 cm³/mol. The Balaban J connectivity index is 0. The molecule has 0 saturated heterocycles. The zero-order valence-electron chi connectivity index (χ0n) is 4.41. The van der Waals surface area contributed by atoms with Crippen LogP contribution < -0.4 is 0 Å². The third-order valence-electron chi connectivity index (χ3n) is 0. The van der Waals surface area contributed by atoms with Gasteiger partial charge in [-0.05, 0) is 0 Å². The molecule has 1 heteroatoms. The Kier molecular flexibility index (Phi) is 16000. The second kappa shape index (κ2) is 199. The zero-order chi connectivity index (χ0) is 0. The molecule has 5 heavy (non-hydrogen) atoms. The molecule has 0 atom stereocenters. The predicted octanol–water partition coefficient (Wildman–Crippen LogP) is 1.80. The van der Waals surface area contributed by atoms with Crippen LogP contribution in [0, 0.1) is 29.7 Å². The quantitative estimate of drug-likeness (QED) is 0.419. The third kappa shape index (κ3) is 103. The van der Waals surface area contributed by atoms with Crippen LogP contribution in [0.5, 0.6) is 0 Å². The first kappa shape index (κ1) is 401. The Morgan fingerprint density at radius 1 is 0.400 bits per heavy atom. The molecule has 0 rings (SSSR count). The van der Waals surface area contributed by atoms with E-state index in [1.54, 1.807) is 0 Å². The van der Waals surface area contributed by atoms with Gasteiger partial charge in [-0.25, -0.2) is 0 Å². The average molecular weight is 112 g/mol. The van der Waals surface area contributed by atoms with Crippen molar-refractivity contribution in [1.82, 2.24) is 0 Å². The summed E-state index contributed by atoms with van der Waals surface area (Å²) in [7, 11) is 0. The molecule has 0 heterocycles. The van der Waals surface area contributed by atoms with Crippen LogP contribution in [0.3, 0.4) is 0 Å². The van der Waals surface area contributed by atoms with E-state index in [0.717, 1.165) is 0 Å². The monoisotopic (exact) mass is 112 g/mol. The van der Waals surface area contributed by atoms with Crippen LogP contribution in [-0.2, 0) is 17.4 Å². The van der Waals surface area contributed by atoms with E-state index in [4.69, 9.17) is 0 Å². The Morgan fingerprint density at radius 3 is 0.400 bits per heavy atom. The Bertz CT molecular complexity index is 3.61. The van der Waals surface area contributed by atoms with Crippen molar-refractivity contribution < 1.29 is 17.4 Å². The fraction of sp³-hybridized carbons (Fsp3) is 0. The average Bonchev–Trinajstić information content (AvgIpc) is 0. The molecule has 0 aromatic rings. The standard InChI is InChI=1S/4CH3.Cr/h4*1H3;/q4*-1;+6. The van der Waals surface area contributed by atoms with E-state index >= 15 is 0 Å². The van der Waals surface area contributed by atoms with Crippen molar-refractivity contribution in [3.8, 4) is 0 Å². The molecular formula is C4H12Cr+2. The van der Waals surface area contributed by atoms with Crippen LogP contribution in [0.4, 0.5) is 0 Å². The Labute approximate surface area is 47.7 Å². The van der Waals surface area contributed by atoms with Gasteiger partial charge in [0.05, 0.1) is 0 Å². The first-order chi connectivity index (χ1) is 0. The second-order valence-electron chi connectivity index (χ2n) is 0. The molecule has 0 aromatic carbocycles. The van der Waals surface area contributed by atoms with E-state index in [-0.39, 0.29) is 47.1 Å². The van der Waals surface area contributed by atoms with Gasteiger partial charge >= 0.3 is 17.4 Å². The first-order valence-corrected chi connectivity index (χ1v) is 0. The maximum atomic E-state index is 0. The molecule has 0 spiro atoms.